The van der Waals surface area contributed by atoms with Crippen molar-refractivity contribution < 1.29 is 21.8 Å². The molecule has 1 aromatic rings. The number of methoxy groups -OCH3 is 2. The summed E-state index contributed by atoms with van der Waals surface area (Å²) in [5.41, 5.74) is 0.470. The Labute approximate surface area is 93.5 Å². The molecule has 0 aliphatic heterocycles. The molecule has 16 heavy (non-hydrogen) atoms. The highest BCUT2D eigenvalue weighted by Gasteiger charge is 2.02. The Morgan fingerprint density at radius 2 is 1.62 bits per heavy atom. The van der Waals surface area contributed by atoms with E-state index >= 15 is 0 Å². The largest absolute Gasteiger partial charge is 0.497 e. The van der Waals surface area contributed by atoms with Gasteiger partial charge in [-0.1, -0.05) is 0 Å². The quantitative estimate of drug-likeness (QED) is 0.762. The molecule has 0 aromatic heterocycles. The molecule has 0 aliphatic rings. The van der Waals surface area contributed by atoms with Gasteiger partial charge in [-0.15, -0.1) is 3.89 Å². The number of hydrogen-bond donors (Lipinski definition) is 0. The van der Waals surface area contributed by atoms with Gasteiger partial charge in [0.2, 0.25) is 0 Å². The van der Waals surface area contributed by atoms with Crippen LogP contribution in [0.3, 0.4) is 0 Å². The Morgan fingerprint density at radius 3 is 2.00 bits per heavy atom. The summed E-state index contributed by atoms with van der Waals surface area (Å²) in [6, 6.07) is 4.75. The first-order chi connectivity index (χ1) is 7.44. The molecule has 0 amide bonds. The molecule has 0 heterocycles. The molecule has 0 saturated heterocycles. The molecule has 0 saturated carbocycles. The summed E-state index contributed by atoms with van der Waals surface area (Å²) in [5, 5.41) is 0.473. The Bertz CT molecular complexity index is 471. The zero-order chi connectivity index (χ0) is 12.2. The van der Waals surface area contributed by atoms with Crippen LogP contribution < -0.4 is 9.47 Å². The average Bonchev–Trinajstić information content (AvgIpc) is 2.25. The van der Waals surface area contributed by atoms with Gasteiger partial charge in [0.1, 0.15) is 11.5 Å². The van der Waals surface area contributed by atoms with E-state index in [2.05, 4.69) is 0 Å². The van der Waals surface area contributed by atoms with E-state index in [1.54, 1.807) is 18.2 Å². The summed E-state index contributed by atoms with van der Waals surface area (Å²) < 4.78 is 42.8. The maximum atomic E-state index is 12.3. The number of ether oxygens (including phenoxy) is 2. The fourth-order valence-electron chi connectivity index (χ4n) is 1.09. The molecule has 6 heteroatoms. The molecular formula is C10H11FO4S. The maximum absolute atomic E-state index is 12.3. The molecular weight excluding hydrogens is 235 g/mol. The lowest BCUT2D eigenvalue weighted by Gasteiger charge is -2.05. The number of halogens is 1. The fourth-order valence-corrected chi connectivity index (χ4v) is 1.41. The number of hydrogen-bond acceptors (Lipinski definition) is 4. The van der Waals surface area contributed by atoms with Crippen LogP contribution in [0.1, 0.15) is 5.56 Å². The second-order valence-electron chi connectivity index (χ2n) is 2.92. The molecule has 0 N–H and O–H groups in total. The van der Waals surface area contributed by atoms with Gasteiger partial charge in [0.05, 0.1) is 19.6 Å². The minimum Gasteiger partial charge on any atom is -0.497 e. The lowest BCUT2D eigenvalue weighted by molar-refractivity contribution is 0.394. The van der Waals surface area contributed by atoms with E-state index in [9.17, 15) is 12.3 Å². The summed E-state index contributed by atoms with van der Waals surface area (Å²) in [7, 11) is -1.69. The summed E-state index contributed by atoms with van der Waals surface area (Å²) in [4.78, 5) is 0. The minimum absolute atomic E-state index is 0.470. The van der Waals surface area contributed by atoms with Crippen LogP contribution in [0, 0.1) is 0 Å². The van der Waals surface area contributed by atoms with Gasteiger partial charge in [0.25, 0.3) is 0 Å². The van der Waals surface area contributed by atoms with E-state index in [0.29, 0.717) is 22.5 Å². The first-order valence-corrected chi connectivity index (χ1v) is 5.75. The Morgan fingerprint density at radius 1 is 1.12 bits per heavy atom. The molecule has 0 radical (unpaired) electrons. The normalized spacial score (nSPS) is 11.7. The molecule has 88 valence electrons. The van der Waals surface area contributed by atoms with Gasteiger partial charge in [-0.05, 0) is 23.8 Å². The number of benzene rings is 1. The second kappa shape index (κ2) is 4.98. The highest BCUT2D eigenvalue weighted by atomic mass is 32.3. The van der Waals surface area contributed by atoms with Crippen LogP contribution in [0.25, 0.3) is 6.08 Å². The first-order valence-electron chi connectivity index (χ1n) is 4.30. The molecule has 0 atom stereocenters. The molecule has 4 nitrogen and oxygen atoms in total. The van der Waals surface area contributed by atoms with E-state index < -0.39 is 10.2 Å². The third-order valence-corrected chi connectivity index (χ3v) is 2.26. The van der Waals surface area contributed by atoms with Crippen molar-refractivity contribution in [2.75, 3.05) is 14.2 Å². The van der Waals surface area contributed by atoms with Crippen molar-refractivity contribution in [3.8, 4) is 11.5 Å². The Kier molecular flexibility index (Phi) is 3.89. The monoisotopic (exact) mass is 246 g/mol. The third-order valence-electron chi connectivity index (χ3n) is 1.80. The van der Waals surface area contributed by atoms with E-state index in [1.165, 1.54) is 14.2 Å². The fraction of sp³-hybridized carbons (Fsp3) is 0.200. The molecule has 0 aliphatic carbocycles. The van der Waals surface area contributed by atoms with E-state index in [0.717, 1.165) is 6.08 Å². The highest BCUT2D eigenvalue weighted by Crippen LogP contribution is 2.23. The molecule has 1 aromatic carbocycles. The van der Waals surface area contributed by atoms with Crippen molar-refractivity contribution in [1.82, 2.24) is 0 Å². The van der Waals surface area contributed by atoms with Crippen molar-refractivity contribution in [2.45, 2.75) is 0 Å². The van der Waals surface area contributed by atoms with Crippen LogP contribution in [0.4, 0.5) is 3.89 Å². The topological polar surface area (TPSA) is 52.6 Å². The maximum Gasteiger partial charge on any atom is 0.325 e. The van der Waals surface area contributed by atoms with Crippen LogP contribution in [-0.2, 0) is 10.2 Å². The summed E-state index contributed by atoms with van der Waals surface area (Å²) in [6.45, 7) is 0. The van der Waals surface area contributed by atoms with Crippen LogP contribution in [0.2, 0.25) is 0 Å². The average molecular weight is 246 g/mol. The third kappa shape index (κ3) is 3.90. The minimum atomic E-state index is -4.62. The second-order valence-corrected chi connectivity index (χ2v) is 4.15. The zero-order valence-electron chi connectivity index (χ0n) is 8.81. The molecule has 0 unspecified atom stereocenters. The van der Waals surface area contributed by atoms with Gasteiger partial charge < -0.3 is 9.47 Å². The lowest BCUT2D eigenvalue weighted by atomic mass is 10.2. The van der Waals surface area contributed by atoms with Crippen molar-refractivity contribution in [3.63, 3.8) is 0 Å². The standard InChI is InChI=1S/C10H11FO4S/c1-14-9-5-8(3-4-16(11,12)13)6-10(7-9)15-2/h3-7H,1-2H3/b4-3+. The summed E-state index contributed by atoms with van der Waals surface area (Å²) in [5.74, 6) is 0.991. The molecule has 0 fully saturated rings. The van der Waals surface area contributed by atoms with Crippen LogP contribution in [-0.4, -0.2) is 22.6 Å². The van der Waals surface area contributed by atoms with Gasteiger partial charge in [-0.2, -0.15) is 8.42 Å². The lowest BCUT2D eigenvalue weighted by Crippen LogP contribution is -1.88. The zero-order valence-corrected chi connectivity index (χ0v) is 9.62. The van der Waals surface area contributed by atoms with Gasteiger partial charge >= 0.3 is 10.2 Å². The van der Waals surface area contributed by atoms with Crippen LogP contribution >= 0.6 is 0 Å². The van der Waals surface area contributed by atoms with E-state index in [1.807, 2.05) is 0 Å². The predicted molar refractivity (Wildman–Crippen MR) is 58.6 cm³/mol. The smallest absolute Gasteiger partial charge is 0.325 e. The first kappa shape index (κ1) is 12.5. The van der Waals surface area contributed by atoms with Gasteiger partial charge in [-0.25, -0.2) is 0 Å². The Hall–Kier alpha value is -1.56. The van der Waals surface area contributed by atoms with E-state index in [4.69, 9.17) is 9.47 Å². The van der Waals surface area contributed by atoms with Crippen molar-refractivity contribution in [3.05, 3.63) is 29.2 Å². The predicted octanol–water partition coefficient (Wildman–Crippen LogP) is 1.97. The SMILES string of the molecule is COc1cc(/C=C/S(=O)(=O)F)cc(OC)c1. The summed E-state index contributed by atoms with van der Waals surface area (Å²) in [6.07, 6.45) is 1.13. The molecule has 0 bridgehead atoms. The Balaban J connectivity index is 3.09. The van der Waals surface area contributed by atoms with Crippen LogP contribution in [0.15, 0.2) is 23.6 Å². The summed E-state index contributed by atoms with van der Waals surface area (Å²) >= 11 is 0. The molecule has 0 spiro atoms. The van der Waals surface area contributed by atoms with Gasteiger partial charge in [0, 0.05) is 6.07 Å². The van der Waals surface area contributed by atoms with Gasteiger partial charge in [-0.3, -0.25) is 0 Å². The van der Waals surface area contributed by atoms with Crippen molar-refractivity contribution in [2.24, 2.45) is 0 Å². The van der Waals surface area contributed by atoms with Crippen LogP contribution in [0.5, 0.6) is 11.5 Å². The van der Waals surface area contributed by atoms with E-state index in [-0.39, 0.29) is 0 Å². The van der Waals surface area contributed by atoms with Crippen molar-refractivity contribution >= 4 is 16.3 Å². The molecule has 1 rings (SSSR count). The van der Waals surface area contributed by atoms with Crippen molar-refractivity contribution in [1.29, 1.82) is 0 Å². The van der Waals surface area contributed by atoms with Gasteiger partial charge in [0.15, 0.2) is 0 Å². The highest BCUT2D eigenvalue weighted by molar-refractivity contribution is 7.89. The number of rotatable bonds is 4.